The summed E-state index contributed by atoms with van der Waals surface area (Å²) in [5.41, 5.74) is 1.96. The van der Waals surface area contributed by atoms with Crippen molar-refractivity contribution in [3.63, 3.8) is 0 Å². The van der Waals surface area contributed by atoms with Crippen LogP contribution in [0.1, 0.15) is 31.9 Å². The summed E-state index contributed by atoms with van der Waals surface area (Å²) in [7, 11) is 1.51. The number of anilines is 1. The Morgan fingerprint density at radius 2 is 1.64 bits per heavy atom. The van der Waals surface area contributed by atoms with Gasteiger partial charge in [-0.3, -0.25) is 4.79 Å². The van der Waals surface area contributed by atoms with E-state index in [2.05, 4.69) is 5.32 Å². The Labute approximate surface area is 192 Å². The maximum absolute atomic E-state index is 13.0. The van der Waals surface area contributed by atoms with Crippen LogP contribution in [0.2, 0.25) is 0 Å². The zero-order valence-corrected chi connectivity index (χ0v) is 19.2. The predicted molar refractivity (Wildman–Crippen MR) is 119 cm³/mol. The topological polar surface area (TPSA) is 73.9 Å². The normalized spacial score (nSPS) is 11.3. The number of carbonyl (C=O) groups is 2. The van der Waals surface area contributed by atoms with E-state index in [1.165, 1.54) is 19.2 Å². The fraction of sp³-hybridized carbons (Fsp3) is 0.417. The Morgan fingerprint density at radius 1 is 1.03 bits per heavy atom. The molecule has 0 bridgehead atoms. The SMILES string of the molecule is CCOC(=O)C(Cc1ccc(OC)c(NC(=O)Cc2ccc(F)cc2)c1)OC(C)C.FCF. The first-order valence-electron chi connectivity index (χ1n) is 10.4. The molecule has 9 heteroatoms. The molecular weight excluding hydrogens is 439 g/mol. The number of nitrogens with one attached hydrogen (secondary N) is 1. The lowest BCUT2D eigenvalue weighted by Crippen LogP contribution is -2.31. The first-order chi connectivity index (χ1) is 15.7. The fourth-order valence-corrected chi connectivity index (χ4v) is 2.93. The average Bonchev–Trinajstić information content (AvgIpc) is 2.75. The molecule has 2 aromatic rings. The Morgan fingerprint density at radius 3 is 2.18 bits per heavy atom. The minimum atomic E-state index is -1.75. The summed E-state index contributed by atoms with van der Waals surface area (Å²) in [4.78, 5) is 24.7. The van der Waals surface area contributed by atoms with E-state index in [9.17, 15) is 22.8 Å². The molecule has 2 rings (SSSR count). The zero-order valence-electron chi connectivity index (χ0n) is 19.2. The second kappa shape index (κ2) is 14.9. The van der Waals surface area contributed by atoms with Gasteiger partial charge in [0.25, 0.3) is 0 Å². The highest BCUT2D eigenvalue weighted by atomic mass is 19.3. The molecule has 0 saturated heterocycles. The van der Waals surface area contributed by atoms with E-state index < -0.39 is 19.0 Å². The van der Waals surface area contributed by atoms with Crippen molar-refractivity contribution in [1.29, 1.82) is 0 Å². The van der Waals surface area contributed by atoms with Crippen molar-refractivity contribution in [1.82, 2.24) is 0 Å². The molecular formula is C24H30F3NO5. The van der Waals surface area contributed by atoms with Gasteiger partial charge in [0.2, 0.25) is 12.8 Å². The Hall–Kier alpha value is -3.07. The molecule has 1 atom stereocenters. The van der Waals surface area contributed by atoms with Crippen molar-refractivity contribution < 1.29 is 37.0 Å². The molecule has 0 aliphatic rings. The van der Waals surface area contributed by atoms with Crippen LogP contribution in [-0.2, 0) is 31.9 Å². The minimum absolute atomic E-state index is 0.0928. The van der Waals surface area contributed by atoms with Gasteiger partial charge in [0, 0.05) is 6.42 Å². The monoisotopic (exact) mass is 469 g/mol. The summed E-state index contributed by atoms with van der Waals surface area (Å²) >= 11 is 0. The Bertz CT molecular complexity index is 875. The van der Waals surface area contributed by atoms with Gasteiger partial charge in [0.1, 0.15) is 11.6 Å². The highest BCUT2D eigenvalue weighted by molar-refractivity contribution is 5.93. The number of esters is 1. The van der Waals surface area contributed by atoms with Gasteiger partial charge in [0.15, 0.2) is 6.10 Å². The molecule has 1 N–H and O–H groups in total. The summed E-state index contributed by atoms with van der Waals surface area (Å²) in [6, 6.07) is 11.0. The van der Waals surface area contributed by atoms with Crippen LogP contribution in [0.3, 0.4) is 0 Å². The molecule has 33 heavy (non-hydrogen) atoms. The third-order valence-corrected chi connectivity index (χ3v) is 4.22. The lowest BCUT2D eigenvalue weighted by atomic mass is 10.1. The van der Waals surface area contributed by atoms with Gasteiger partial charge in [-0.1, -0.05) is 18.2 Å². The second-order valence-electron chi connectivity index (χ2n) is 7.12. The van der Waals surface area contributed by atoms with E-state index in [1.54, 1.807) is 31.2 Å². The van der Waals surface area contributed by atoms with Crippen molar-refractivity contribution in [3.05, 3.63) is 59.4 Å². The molecule has 2 aromatic carbocycles. The first-order valence-corrected chi connectivity index (χ1v) is 10.4. The summed E-state index contributed by atoms with van der Waals surface area (Å²) in [6.45, 7) is 3.96. The molecule has 0 spiro atoms. The highest BCUT2D eigenvalue weighted by Crippen LogP contribution is 2.27. The number of alkyl halides is 2. The molecule has 0 fully saturated rings. The third-order valence-electron chi connectivity index (χ3n) is 4.22. The third kappa shape index (κ3) is 10.4. The molecule has 0 aliphatic carbocycles. The number of hydrogen-bond donors (Lipinski definition) is 1. The zero-order chi connectivity index (χ0) is 24.8. The summed E-state index contributed by atoms with van der Waals surface area (Å²) in [5, 5.41) is 2.82. The molecule has 0 radical (unpaired) electrons. The first kappa shape index (κ1) is 28.0. The smallest absolute Gasteiger partial charge is 0.335 e. The number of carbonyl (C=O) groups excluding carboxylic acids is 2. The van der Waals surface area contributed by atoms with E-state index in [-0.39, 0.29) is 30.9 Å². The van der Waals surface area contributed by atoms with E-state index in [0.29, 0.717) is 23.4 Å². The number of amides is 1. The number of rotatable bonds is 10. The van der Waals surface area contributed by atoms with Crippen LogP contribution in [0, 0.1) is 5.82 Å². The van der Waals surface area contributed by atoms with E-state index >= 15 is 0 Å². The van der Waals surface area contributed by atoms with Crippen LogP contribution in [0.15, 0.2) is 42.5 Å². The van der Waals surface area contributed by atoms with Crippen molar-refractivity contribution >= 4 is 17.6 Å². The van der Waals surface area contributed by atoms with Crippen molar-refractivity contribution in [2.24, 2.45) is 0 Å². The van der Waals surface area contributed by atoms with Gasteiger partial charge in [0.05, 0.1) is 31.9 Å². The van der Waals surface area contributed by atoms with Gasteiger partial charge < -0.3 is 19.5 Å². The standard InChI is InChI=1S/C23H28FNO5.CH2F2/c1-5-29-23(27)21(30-15(2)3)13-17-8-11-20(28-4)19(12-17)25-22(26)14-16-6-9-18(24)10-7-16;2-1-3/h6-12,15,21H,5,13-14H2,1-4H3,(H,25,26);1H2. The van der Waals surface area contributed by atoms with Crippen molar-refractivity contribution in [2.45, 2.75) is 45.8 Å². The van der Waals surface area contributed by atoms with Crippen LogP contribution >= 0.6 is 0 Å². The van der Waals surface area contributed by atoms with Gasteiger partial charge >= 0.3 is 5.97 Å². The summed E-state index contributed by atoms with van der Waals surface area (Å²) < 4.78 is 48.4. The average molecular weight is 470 g/mol. The van der Waals surface area contributed by atoms with E-state index in [4.69, 9.17) is 14.2 Å². The Balaban J connectivity index is 0.00000172. The molecule has 0 aromatic heterocycles. The van der Waals surface area contributed by atoms with Crippen LogP contribution < -0.4 is 10.1 Å². The largest absolute Gasteiger partial charge is 0.495 e. The summed E-state index contributed by atoms with van der Waals surface area (Å²) in [5.74, 6) is -0.557. The number of halogens is 3. The lowest BCUT2D eigenvalue weighted by molar-refractivity contribution is -0.159. The van der Waals surface area contributed by atoms with Crippen molar-refractivity contribution in [3.8, 4) is 5.75 Å². The molecule has 0 saturated carbocycles. The molecule has 0 aliphatic heterocycles. The van der Waals surface area contributed by atoms with Gasteiger partial charge in [-0.2, -0.15) is 0 Å². The quantitative estimate of drug-likeness (QED) is 0.506. The van der Waals surface area contributed by atoms with Crippen LogP contribution in [0.25, 0.3) is 0 Å². The van der Waals surface area contributed by atoms with E-state index in [1.807, 2.05) is 19.9 Å². The van der Waals surface area contributed by atoms with Gasteiger partial charge in [-0.15, -0.1) is 0 Å². The number of hydrogen-bond acceptors (Lipinski definition) is 5. The maximum atomic E-state index is 13.0. The number of methoxy groups -OCH3 is 1. The molecule has 1 unspecified atom stereocenters. The van der Waals surface area contributed by atoms with Gasteiger partial charge in [-0.25, -0.2) is 18.0 Å². The molecule has 1 amide bonds. The van der Waals surface area contributed by atoms with Crippen LogP contribution in [-0.4, -0.2) is 44.7 Å². The van der Waals surface area contributed by atoms with Gasteiger partial charge in [-0.05, 0) is 56.2 Å². The molecule has 0 heterocycles. The summed E-state index contributed by atoms with van der Waals surface area (Å²) in [6.07, 6.45) is -0.508. The van der Waals surface area contributed by atoms with E-state index in [0.717, 1.165) is 5.56 Å². The second-order valence-corrected chi connectivity index (χ2v) is 7.12. The highest BCUT2D eigenvalue weighted by Gasteiger charge is 2.23. The predicted octanol–water partition coefficient (Wildman–Crippen LogP) is 4.80. The van der Waals surface area contributed by atoms with Crippen LogP contribution in [0.4, 0.5) is 18.9 Å². The Kier molecular flexibility index (Phi) is 12.6. The molecule has 182 valence electrons. The minimum Gasteiger partial charge on any atom is -0.495 e. The molecule has 6 nitrogen and oxygen atoms in total. The number of ether oxygens (including phenoxy) is 3. The maximum Gasteiger partial charge on any atom is 0.335 e. The van der Waals surface area contributed by atoms with Crippen molar-refractivity contribution in [2.75, 3.05) is 26.0 Å². The fourth-order valence-electron chi connectivity index (χ4n) is 2.93. The lowest BCUT2D eigenvalue weighted by Gasteiger charge is -2.20. The van der Waals surface area contributed by atoms with Crippen LogP contribution in [0.5, 0.6) is 5.75 Å². The number of benzene rings is 2.